The summed E-state index contributed by atoms with van der Waals surface area (Å²) in [6.07, 6.45) is -1.08. The Labute approximate surface area is 110 Å². The topological polar surface area (TPSA) is 104 Å². The van der Waals surface area contributed by atoms with E-state index in [1.807, 2.05) is 13.8 Å². The summed E-state index contributed by atoms with van der Waals surface area (Å²) in [5.41, 5.74) is 0.0719. The molecule has 7 nitrogen and oxygen atoms in total. The van der Waals surface area contributed by atoms with E-state index in [1.54, 1.807) is 18.2 Å². The number of amides is 1. The first-order valence-electron chi connectivity index (χ1n) is 5.76. The van der Waals surface area contributed by atoms with Gasteiger partial charge in [-0.15, -0.1) is 0 Å². The second-order valence-corrected chi connectivity index (χ2v) is 4.95. The first-order valence-corrected chi connectivity index (χ1v) is 5.76. The molecule has 0 radical (unpaired) electrons. The van der Waals surface area contributed by atoms with Gasteiger partial charge in [-0.1, -0.05) is 26.0 Å². The fourth-order valence-corrected chi connectivity index (χ4v) is 1.49. The molecular weight excluding hydrogens is 250 g/mol. The Kier molecular flexibility index (Phi) is 4.68. The van der Waals surface area contributed by atoms with Crippen molar-refractivity contribution in [3.8, 4) is 0 Å². The van der Waals surface area contributed by atoms with Gasteiger partial charge in [0.2, 0.25) is 0 Å². The van der Waals surface area contributed by atoms with Gasteiger partial charge in [0.05, 0.1) is 4.92 Å². The summed E-state index contributed by atoms with van der Waals surface area (Å²) in [5, 5.41) is 24.7. The van der Waals surface area contributed by atoms with Gasteiger partial charge in [0.25, 0.3) is 5.69 Å². The highest BCUT2D eigenvalue weighted by atomic mass is 16.6. The minimum atomic E-state index is -1.08. The lowest BCUT2D eigenvalue weighted by atomic mass is 9.93. The van der Waals surface area contributed by atoms with Gasteiger partial charge in [0.15, 0.2) is 0 Å². The van der Waals surface area contributed by atoms with Gasteiger partial charge in [-0.2, -0.15) is 0 Å². The second kappa shape index (κ2) is 6.03. The molecular formula is C12H17N3O4. The second-order valence-electron chi connectivity index (χ2n) is 4.95. The molecule has 7 heteroatoms. The van der Waals surface area contributed by atoms with E-state index >= 15 is 0 Å². The summed E-state index contributed by atoms with van der Waals surface area (Å²) in [6, 6.07) is 6.35. The number of carboxylic acid groups (broad SMARTS) is 1. The normalized spacial score (nSPS) is 10.8. The Morgan fingerprint density at radius 1 is 1.37 bits per heavy atom. The maximum absolute atomic E-state index is 10.8. The van der Waals surface area contributed by atoms with Gasteiger partial charge in [-0.3, -0.25) is 10.1 Å². The number of nitrogens with one attached hydrogen (secondary N) is 2. The van der Waals surface area contributed by atoms with Crippen LogP contribution in [-0.2, 0) is 0 Å². The molecule has 0 bridgehead atoms. The minimum Gasteiger partial charge on any atom is -0.465 e. The lowest BCUT2D eigenvalue weighted by Crippen LogP contribution is -2.37. The lowest BCUT2D eigenvalue weighted by molar-refractivity contribution is -0.384. The highest BCUT2D eigenvalue weighted by Gasteiger charge is 2.20. The number of benzene rings is 1. The van der Waals surface area contributed by atoms with Crippen LogP contribution in [0.3, 0.4) is 0 Å². The molecule has 0 fully saturated rings. The van der Waals surface area contributed by atoms with Crippen molar-refractivity contribution < 1.29 is 14.8 Å². The Balaban J connectivity index is 2.66. The molecule has 0 heterocycles. The van der Waals surface area contributed by atoms with Crippen LogP contribution in [0.15, 0.2) is 24.3 Å². The predicted molar refractivity (Wildman–Crippen MR) is 71.4 cm³/mol. The number of nitrogens with zero attached hydrogens (tertiary/aromatic N) is 1. The highest BCUT2D eigenvalue weighted by molar-refractivity contribution is 5.64. The van der Waals surface area contributed by atoms with Crippen molar-refractivity contribution in [1.82, 2.24) is 5.32 Å². The fraction of sp³-hybridized carbons (Fsp3) is 0.417. The van der Waals surface area contributed by atoms with Crippen LogP contribution in [0.25, 0.3) is 0 Å². The number of rotatable bonds is 6. The van der Waals surface area contributed by atoms with Gasteiger partial charge in [-0.05, 0) is 11.5 Å². The zero-order valence-electron chi connectivity index (χ0n) is 10.8. The van der Waals surface area contributed by atoms with Crippen LogP contribution in [0.4, 0.5) is 16.2 Å². The predicted octanol–water partition coefficient (Wildman–Crippen LogP) is 2.30. The summed E-state index contributed by atoms with van der Waals surface area (Å²) in [7, 11) is 0. The number of para-hydroxylation sites is 2. The van der Waals surface area contributed by atoms with Crippen molar-refractivity contribution in [2.45, 2.75) is 13.8 Å². The molecule has 0 saturated carbocycles. The molecule has 1 amide bonds. The smallest absolute Gasteiger partial charge is 0.404 e. The molecule has 0 spiro atoms. The molecule has 1 aromatic rings. The molecule has 0 saturated heterocycles. The van der Waals surface area contributed by atoms with Crippen molar-refractivity contribution in [2.75, 3.05) is 18.4 Å². The zero-order chi connectivity index (χ0) is 14.5. The monoisotopic (exact) mass is 267 g/mol. The molecule has 3 N–H and O–H groups in total. The molecule has 0 aromatic heterocycles. The van der Waals surface area contributed by atoms with E-state index in [0.29, 0.717) is 12.2 Å². The molecule has 0 aliphatic carbocycles. The quantitative estimate of drug-likeness (QED) is 0.542. The van der Waals surface area contributed by atoms with Crippen molar-refractivity contribution in [1.29, 1.82) is 0 Å². The molecule has 0 atom stereocenters. The average molecular weight is 267 g/mol. The summed E-state index contributed by atoms with van der Waals surface area (Å²) in [6.45, 7) is 4.41. The van der Waals surface area contributed by atoms with Crippen LogP contribution in [-0.4, -0.2) is 29.2 Å². The van der Waals surface area contributed by atoms with Crippen LogP contribution in [0, 0.1) is 15.5 Å². The maximum atomic E-state index is 10.8. The first kappa shape index (κ1) is 14.7. The standard InChI is InChI=1S/C12H17N3O4/c1-12(2,8-14-11(16)17)7-13-9-5-3-4-6-10(9)15(18)19/h3-6,13-14H,7-8H2,1-2H3,(H,16,17). The van der Waals surface area contributed by atoms with Gasteiger partial charge >= 0.3 is 6.09 Å². The van der Waals surface area contributed by atoms with E-state index in [9.17, 15) is 14.9 Å². The minimum absolute atomic E-state index is 0.00416. The third-order valence-electron chi connectivity index (χ3n) is 2.58. The fourth-order valence-electron chi connectivity index (χ4n) is 1.49. The third-order valence-corrected chi connectivity index (χ3v) is 2.58. The summed E-state index contributed by atoms with van der Waals surface area (Å²) in [5.74, 6) is 0. The van der Waals surface area contributed by atoms with E-state index in [-0.39, 0.29) is 17.6 Å². The van der Waals surface area contributed by atoms with Gasteiger partial charge in [-0.25, -0.2) is 4.79 Å². The molecule has 0 aliphatic heterocycles. The molecule has 19 heavy (non-hydrogen) atoms. The zero-order valence-corrected chi connectivity index (χ0v) is 10.8. The van der Waals surface area contributed by atoms with Crippen LogP contribution >= 0.6 is 0 Å². The Morgan fingerprint density at radius 2 is 2.00 bits per heavy atom. The molecule has 104 valence electrons. The van der Waals surface area contributed by atoms with Gasteiger partial charge < -0.3 is 15.7 Å². The van der Waals surface area contributed by atoms with E-state index in [2.05, 4.69) is 10.6 Å². The third kappa shape index (κ3) is 4.82. The van der Waals surface area contributed by atoms with E-state index in [4.69, 9.17) is 5.11 Å². The SMILES string of the molecule is CC(C)(CNC(=O)O)CNc1ccccc1[N+](=O)[O-]. The summed E-state index contributed by atoms with van der Waals surface area (Å²) >= 11 is 0. The number of hydrogen-bond acceptors (Lipinski definition) is 4. The molecule has 0 unspecified atom stereocenters. The number of nitro groups is 1. The van der Waals surface area contributed by atoms with Crippen molar-refractivity contribution >= 4 is 17.5 Å². The van der Waals surface area contributed by atoms with Crippen LogP contribution < -0.4 is 10.6 Å². The average Bonchev–Trinajstić information content (AvgIpc) is 2.34. The number of nitro benzene ring substituents is 1. The number of anilines is 1. The Morgan fingerprint density at radius 3 is 2.58 bits per heavy atom. The van der Waals surface area contributed by atoms with Gasteiger partial charge in [0, 0.05) is 19.2 Å². The highest BCUT2D eigenvalue weighted by Crippen LogP contribution is 2.25. The van der Waals surface area contributed by atoms with Crippen molar-refractivity contribution in [3.63, 3.8) is 0 Å². The van der Waals surface area contributed by atoms with E-state index < -0.39 is 11.0 Å². The summed E-state index contributed by atoms with van der Waals surface area (Å²) < 4.78 is 0. The Hall–Kier alpha value is -2.31. The number of carbonyl (C=O) groups is 1. The lowest BCUT2D eigenvalue weighted by Gasteiger charge is -2.25. The van der Waals surface area contributed by atoms with Crippen LogP contribution in [0.1, 0.15) is 13.8 Å². The molecule has 1 rings (SSSR count). The largest absolute Gasteiger partial charge is 0.465 e. The molecule has 1 aromatic carbocycles. The van der Waals surface area contributed by atoms with Gasteiger partial charge in [0.1, 0.15) is 5.69 Å². The number of hydrogen-bond donors (Lipinski definition) is 3. The first-order chi connectivity index (χ1) is 8.82. The van der Waals surface area contributed by atoms with Crippen molar-refractivity contribution in [2.24, 2.45) is 5.41 Å². The van der Waals surface area contributed by atoms with Crippen LogP contribution in [0.2, 0.25) is 0 Å². The van der Waals surface area contributed by atoms with E-state index in [0.717, 1.165) is 0 Å². The molecule has 0 aliphatic rings. The van der Waals surface area contributed by atoms with Crippen molar-refractivity contribution in [3.05, 3.63) is 34.4 Å². The summed E-state index contributed by atoms with van der Waals surface area (Å²) in [4.78, 5) is 20.8. The maximum Gasteiger partial charge on any atom is 0.404 e. The van der Waals surface area contributed by atoms with Crippen LogP contribution in [0.5, 0.6) is 0 Å². The van der Waals surface area contributed by atoms with E-state index in [1.165, 1.54) is 6.07 Å². The Bertz CT molecular complexity index is 474.